The molecule has 0 saturated carbocycles. The number of aromatic nitrogens is 2. The number of aryl methyl sites for hydroxylation is 1. The summed E-state index contributed by atoms with van der Waals surface area (Å²) in [6, 6.07) is 12.7. The van der Waals surface area contributed by atoms with Crippen molar-refractivity contribution >= 4 is 22.5 Å². The number of fused-ring (bicyclic) bond motifs is 1. The summed E-state index contributed by atoms with van der Waals surface area (Å²) in [5.74, 6) is -0.714. The van der Waals surface area contributed by atoms with Crippen molar-refractivity contribution in [3.63, 3.8) is 0 Å². The lowest BCUT2D eigenvalue weighted by Gasteiger charge is -2.08. The summed E-state index contributed by atoms with van der Waals surface area (Å²) in [6.45, 7) is 0.206. The number of carbonyl (C=O) groups excluding carboxylic acids is 1. The van der Waals surface area contributed by atoms with Gasteiger partial charge in [0.15, 0.2) is 0 Å². The molecule has 0 spiro atoms. The van der Waals surface area contributed by atoms with Crippen LogP contribution in [0.5, 0.6) is 0 Å². The van der Waals surface area contributed by atoms with Gasteiger partial charge in [0.25, 0.3) is 5.56 Å². The average Bonchev–Trinajstić information content (AvgIpc) is 2.54. The zero-order valence-electron chi connectivity index (χ0n) is 12.2. The number of hydrogen-bond acceptors (Lipinski definition) is 3. The third kappa shape index (κ3) is 3.42. The van der Waals surface area contributed by atoms with Crippen molar-refractivity contribution in [3.8, 4) is 0 Å². The fourth-order valence-corrected chi connectivity index (χ4v) is 2.28. The summed E-state index contributed by atoms with van der Waals surface area (Å²) in [4.78, 5) is 28.4. The van der Waals surface area contributed by atoms with E-state index in [4.69, 9.17) is 0 Å². The zero-order chi connectivity index (χ0) is 16.2. The smallest absolute Gasteiger partial charge is 0.261 e. The maximum Gasteiger partial charge on any atom is 0.261 e. The molecule has 0 aliphatic carbocycles. The highest BCUT2D eigenvalue weighted by molar-refractivity contribution is 5.90. The molecule has 5 nitrogen and oxygen atoms in total. The number of hydrogen-bond donors (Lipinski definition) is 1. The number of halogens is 1. The standard InChI is InChI=1S/C17H14FN3O2/c18-12-4-3-5-13(10-12)20-16(22)8-9-21-11-19-15-7-2-1-6-14(15)17(21)23/h1-7,10-11H,8-9H2,(H,20,22). The fraction of sp³-hybridized carbons (Fsp3) is 0.118. The largest absolute Gasteiger partial charge is 0.326 e. The lowest BCUT2D eigenvalue weighted by atomic mass is 10.2. The highest BCUT2D eigenvalue weighted by Crippen LogP contribution is 2.09. The van der Waals surface area contributed by atoms with Crippen molar-refractivity contribution in [2.45, 2.75) is 13.0 Å². The van der Waals surface area contributed by atoms with E-state index in [2.05, 4.69) is 10.3 Å². The number of amides is 1. The number of rotatable bonds is 4. The van der Waals surface area contributed by atoms with Gasteiger partial charge in [0.2, 0.25) is 5.91 Å². The lowest BCUT2D eigenvalue weighted by Crippen LogP contribution is -2.23. The van der Waals surface area contributed by atoms with Crippen LogP contribution in [0.4, 0.5) is 10.1 Å². The number of nitrogens with zero attached hydrogens (tertiary/aromatic N) is 2. The van der Waals surface area contributed by atoms with Crippen LogP contribution in [0.25, 0.3) is 10.9 Å². The van der Waals surface area contributed by atoms with Crippen molar-refractivity contribution in [1.82, 2.24) is 9.55 Å². The molecule has 6 heteroatoms. The van der Waals surface area contributed by atoms with Gasteiger partial charge < -0.3 is 5.32 Å². The van der Waals surface area contributed by atoms with E-state index in [0.29, 0.717) is 16.6 Å². The molecule has 1 amide bonds. The highest BCUT2D eigenvalue weighted by Gasteiger charge is 2.07. The van der Waals surface area contributed by atoms with Crippen LogP contribution in [0.15, 0.2) is 59.7 Å². The Hall–Kier alpha value is -3.02. The van der Waals surface area contributed by atoms with E-state index >= 15 is 0 Å². The summed E-state index contributed by atoms with van der Waals surface area (Å²) in [5, 5.41) is 3.11. The van der Waals surface area contributed by atoms with Gasteiger partial charge in [0, 0.05) is 18.7 Å². The predicted octanol–water partition coefficient (Wildman–Crippen LogP) is 2.56. The van der Waals surface area contributed by atoms with Gasteiger partial charge in [-0.3, -0.25) is 14.2 Å². The normalized spacial score (nSPS) is 10.7. The molecule has 1 N–H and O–H groups in total. The van der Waals surface area contributed by atoms with Crippen molar-refractivity contribution < 1.29 is 9.18 Å². The van der Waals surface area contributed by atoms with Crippen LogP contribution in [0.2, 0.25) is 0 Å². The van der Waals surface area contributed by atoms with Crippen LogP contribution in [-0.4, -0.2) is 15.5 Å². The first-order valence-corrected chi connectivity index (χ1v) is 7.13. The maximum absolute atomic E-state index is 13.1. The summed E-state index contributed by atoms with van der Waals surface area (Å²) < 4.78 is 14.5. The Labute approximate surface area is 131 Å². The van der Waals surface area contributed by atoms with E-state index < -0.39 is 5.82 Å². The molecule has 23 heavy (non-hydrogen) atoms. The first-order valence-electron chi connectivity index (χ1n) is 7.13. The van der Waals surface area contributed by atoms with Crippen molar-refractivity contribution in [3.05, 3.63) is 71.0 Å². The highest BCUT2D eigenvalue weighted by atomic mass is 19.1. The Morgan fingerprint density at radius 2 is 2.00 bits per heavy atom. The number of anilines is 1. The summed E-state index contributed by atoms with van der Waals surface area (Å²) in [6.07, 6.45) is 1.52. The second kappa shape index (κ2) is 6.39. The molecule has 0 aliphatic rings. The van der Waals surface area contributed by atoms with Gasteiger partial charge in [-0.25, -0.2) is 9.37 Å². The van der Waals surface area contributed by atoms with Crippen LogP contribution < -0.4 is 10.9 Å². The van der Waals surface area contributed by atoms with Gasteiger partial charge in [-0.05, 0) is 30.3 Å². The van der Waals surface area contributed by atoms with Gasteiger partial charge >= 0.3 is 0 Å². The quantitative estimate of drug-likeness (QED) is 0.805. The molecule has 1 aromatic heterocycles. The number of benzene rings is 2. The SMILES string of the molecule is O=C(CCn1cnc2ccccc2c1=O)Nc1cccc(F)c1. The van der Waals surface area contributed by atoms with Gasteiger partial charge in [-0.15, -0.1) is 0 Å². The van der Waals surface area contributed by atoms with Crippen LogP contribution >= 0.6 is 0 Å². The van der Waals surface area contributed by atoms with Gasteiger partial charge in [-0.1, -0.05) is 18.2 Å². The second-order valence-corrected chi connectivity index (χ2v) is 5.07. The molecule has 3 rings (SSSR count). The monoisotopic (exact) mass is 311 g/mol. The Bertz CT molecular complexity index is 921. The molecular formula is C17H14FN3O2. The molecule has 0 atom stereocenters. The van der Waals surface area contributed by atoms with Crippen LogP contribution in [-0.2, 0) is 11.3 Å². The van der Waals surface area contributed by atoms with Gasteiger partial charge in [0.05, 0.1) is 17.2 Å². The Morgan fingerprint density at radius 3 is 2.83 bits per heavy atom. The first kappa shape index (κ1) is 14.9. The van der Waals surface area contributed by atoms with E-state index in [1.807, 2.05) is 6.07 Å². The Kier molecular flexibility index (Phi) is 4.14. The van der Waals surface area contributed by atoms with E-state index in [1.165, 1.54) is 29.1 Å². The predicted molar refractivity (Wildman–Crippen MR) is 85.6 cm³/mol. The van der Waals surface area contributed by atoms with Crippen molar-refractivity contribution in [2.75, 3.05) is 5.32 Å². The van der Waals surface area contributed by atoms with E-state index in [9.17, 15) is 14.0 Å². The second-order valence-electron chi connectivity index (χ2n) is 5.07. The van der Waals surface area contributed by atoms with E-state index in [0.717, 1.165) is 0 Å². The maximum atomic E-state index is 13.1. The first-order chi connectivity index (χ1) is 11.1. The minimum absolute atomic E-state index is 0.0937. The summed E-state index contributed by atoms with van der Waals surface area (Å²) in [5.41, 5.74) is 0.825. The minimum Gasteiger partial charge on any atom is -0.326 e. The van der Waals surface area contributed by atoms with Crippen LogP contribution in [0.1, 0.15) is 6.42 Å². The Morgan fingerprint density at radius 1 is 1.17 bits per heavy atom. The molecular weight excluding hydrogens is 297 g/mol. The molecule has 0 aliphatic heterocycles. The fourth-order valence-electron chi connectivity index (χ4n) is 2.28. The zero-order valence-corrected chi connectivity index (χ0v) is 12.2. The van der Waals surface area contributed by atoms with Crippen molar-refractivity contribution in [1.29, 1.82) is 0 Å². The average molecular weight is 311 g/mol. The molecule has 1 heterocycles. The third-order valence-electron chi connectivity index (χ3n) is 3.42. The molecule has 0 fully saturated rings. The molecule has 0 bridgehead atoms. The number of nitrogens with one attached hydrogen (secondary N) is 1. The van der Waals surface area contributed by atoms with Gasteiger partial charge in [-0.2, -0.15) is 0 Å². The lowest BCUT2D eigenvalue weighted by molar-refractivity contribution is -0.116. The molecule has 3 aromatic rings. The molecule has 2 aromatic carbocycles. The van der Waals surface area contributed by atoms with Crippen LogP contribution in [0, 0.1) is 5.82 Å². The van der Waals surface area contributed by atoms with E-state index in [1.54, 1.807) is 24.3 Å². The Balaban J connectivity index is 1.70. The topological polar surface area (TPSA) is 64.0 Å². The van der Waals surface area contributed by atoms with Crippen molar-refractivity contribution in [2.24, 2.45) is 0 Å². The molecule has 116 valence electrons. The third-order valence-corrected chi connectivity index (χ3v) is 3.42. The molecule has 0 radical (unpaired) electrons. The molecule has 0 unspecified atom stereocenters. The summed E-state index contributed by atoms with van der Waals surface area (Å²) >= 11 is 0. The van der Waals surface area contributed by atoms with E-state index in [-0.39, 0.29) is 24.4 Å². The summed E-state index contributed by atoms with van der Waals surface area (Å²) in [7, 11) is 0. The number of carbonyl (C=O) groups is 1. The molecule has 0 saturated heterocycles. The number of para-hydroxylation sites is 1. The van der Waals surface area contributed by atoms with Gasteiger partial charge in [0.1, 0.15) is 5.82 Å². The minimum atomic E-state index is -0.419. The van der Waals surface area contributed by atoms with Crippen LogP contribution in [0.3, 0.4) is 0 Å².